The fourth-order valence-corrected chi connectivity index (χ4v) is 5.54. The van der Waals surface area contributed by atoms with E-state index >= 15 is 0 Å². The maximum atomic E-state index is 2.57. The van der Waals surface area contributed by atoms with Gasteiger partial charge in [-0.1, -0.05) is 77.1 Å². The number of fused-ring (bicyclic) bond motifs is 2. The molecule has 0 aliphatic carbocycles. The summed E-state index contributed by atoms with van der Waals surface area (Å²) in [5.41, 5.74) is 5.66. The highest BCUT2D eigenvalue weighted by molar-refractivity contribution is 6.81. The fraction of sp³-hybridized carbons (Fsp3) is 0.393. The highest BCUT2D eigenvalue weighted by Crippen LogP contribution is 2.34. The topological polar surface area (TPSA) is 7.12 Å². The second kappa shape index (κ2) is 7.86. The SMILES string of the molecule is CB1C(C(C)(C)C)=c2ccccc2=C(C)N1c1cc(CC(C)C)c2ccccc2[n+]1C. The number of rotatable bonds is 3. The molecule has 0 fully saturated rings. The molecule has 0 amide bonds. The number of aryl methyl sites for hydroxylation is 1. The molecule has 2 heterocycles. The summed E-state index contributed by atoms with van der Waals surface area (Å²) in [6.07, 6.45) is 1.09. The summed E-state index contributed by atoms with van der Waals surface area (Å²) in [7, 11) is 2.22. The molecule has 2 nitrogen and oxygen atoms in total. The molecule has 0 N–H and O–H groups in total. The summed E-state index contributed by atoms with van der Waals surface area (Å²) in [6.45, 7) is 16.6. The molecule has 3 heteroatoms. The summed E-state index contributed by atoms with van der Waals surface area (Å²) in [6, 6.07) is 20.2. The van der Waals surface area contributed by atoms with Gasteiger partial charge in [0.05, 0.1) is 12.7 Å². The molecule has 0 radical (unpaired) electrons. The van der Waals surface area contributed by atoms with Crippen molar-refractivity contribution in [1.82, 2.24) is 0 Å². The van der Waals surface area contributed by atoms with Gasteiger partial charge in [-0.15, -0.1) is 0 Å². The molecule has 0 spiro atoms. The van der Waals surface area contributed by atoms with E-state index in [-0.39, 0.29) is 12.3 Å². The van der Waals surface area contributed by atoms with Crippen molar-refractivity contribution in [1.29, 1.82) is 0 Å². The predicted octanol–water partition coefficient (Wildman–Crippen LogP) is 4.87. The van der Waals surface area contributed by atoms with E-state index in [0.29, 0.717) is 5.92 Å². The molecule has 0 bridgehead atoms. The Labute approximate surface area is 188 Å². The quantitative estimate of drug-likeness (QED) is 0.441. The molecule has 1 aromatic heterocycles. The Morgan fingerprint density at radius 3 is 2.23 bits per heavy atom. The van der Waals surface area contributed by atoms with E-state index in [0.717, 1.165) is 6.42 Å². The van der Waals surface area contributed by atoms with Crippen LogP contribution >= 0.6 is 0 Å². The third kappa shape index (κ3) is 3.69. The van der Waals surface area contributed by atoms with Crippen LogP contribution in [0.4, 0.5) is 5.82 Å². The first-order chi connectivity index (χ1) is 14.6. The lowest BCUT2D eigenvalue weighted by atomic mass is 9.47. The number of benzene rings is 2. The molecule has 160 valence electrons. The van der Waals surface area contributed by atoms with E-state index in [4.69, 9.17) is 0 Å². The summed E-state index contributed by atoms with van der Waals surface area (Å²) in [5, 5.41) is 4.12. The Hall–Kier alpha value is -2.55. The normalized spacial score (nSPS) is 14.6. The third-order valence-electron chi connectivity index (χ3n) is 6.71. The summed E-state index contributed by atoms with van der Waals surface area (Å²) in [4.78, 5) is 2.57. The number of nitrogens with zero attached hydrogens (tertiary/aromatic N) is 2. The maximum Gasteiger partial charge on any atom is 0.406 e. The lowest BCUT2D eigenvalue weighted by Crippen LogP contribution is -2.55. The summed E-state index contributed by atoms with van der Waals surface area (Å²) in [5.74, 6) is 1.89. The van der Waals surface area contributed by atoms with Gasteiger partial charge in [0, 0.05) is 16.7 Å². The monoisotopic (exact) mass is 411 g/mol. The molecule has 0 saturated heterocycles. The van der Waals surface area contributed by atoms with Crippen LogP contribution in [-0.4, -0.2) is 6.85 Å². The number of anilines is 1. The molecular formula is C28H36BN2+. The Balaban J connectivity index is 2.05. The highest BCUT2D eigenvalue weighted by Gasteiger charge is 2.42. The van der Waals surface area contributed by atoms with Crippen LogP contribution in [0.25, 0.3) is 22.1 Å². The van der Waals surface area contributed by atoms with Crippen molar-refractivity contribution in [3.05, 3.63) is 70.6 Å². The average Bonchev–Trinajstić information content (AvgIpc) is 2.70. The first-order valence-electron chi connectivity index (χ1n) is 11.6. The van der Waals surface area contributed by atoms with Crippen molar-refractivity contribution in [2.75, 3.05) is 4.81 Å². The van der Waals surface area contributed by atoms with Crippen molar-refractivity contribution >= 4 is 34.7 Å². The van der Waals surface area contributed by atoms with Gasteiger partial charge in [-0.3, -0.25) is 4.81 Å². The Bertz CT molecular complexity index is 1260. The van der Waals surface area contributed by atoms with Gasteiger partial charge < -0.3 is 0 Å². The third-order valence-corrected chi connectivity index (χ3v) is 6.71. The number of hydrogen-bond acceptors (Lipinski definition) is 1. The lowest BCUT2D eigenvalue weighted by molar-refractivity contribution is -0.631. The number of hydrogen-bond donors (Lipinski definition) is 0. The van der Waals surface area contributed by atoms with Gasteiger partial charge in [-0.2, -0.15) is 0 Å². The van der Waals surface area contributed by atoms with E-state index in [2.05, 4.69) is 119 Å². The van der Waals surface area contributed by atoms with Gasteiger partial charge in [0.15, 0.2) is 0 Å². The zero-order valence-electron chi connectivity index (χ0n) is 20.5. The largest absolute Gasteiger partial charge is 0.406 e. The van der Waals surface area contributed by atoms with E-state index < -0.39 is 0 Å². The molecule has 0 unspecified atom stereocenters. The molecule has 2 aromatic carbocycles. The Morgan fingerprint density at radius 1 is 0.968 bits per heavy atom. The smallest absolute Gasteiger partial charge is 0.290 e. The van der Waals surface area contributed by atoms with Crippen LogP contribution in [0.15, 0.2) is 54.6 Å². The van der Waals surface area contributed by atoms with Crippen molar-refractivity contribution < 1.29 is 4.57 Å². The Kier molecular flexibility index (Phi) is 5.49. The molecule has 1 aliphatic heterocycles. The zero-order chi connectivity index (χ0) is 22.5. The number of pyridine rings is 1. The van der Waals surface area contributed by atoms with E-state index in [1.807, 2.05) is 0 Å². The molecule has 0 saturated carbocycles. The van der Waals surface area contributed by atoms with Crippen LogP contribution in [0.2, 0.25) is 6.82 Å². The molecule has 4 rings (SSSR count). The second-order valence-corrected chi connectivity index (χ2v) is 10.5. The van der Waals surface area contributed by atoms with Gasteiger partial charge in [0.1, 0.15) is 5.52 Å². The van der Waals surface area contributed by atoms with Crippen LogP contribution in [0.3, 0.4) is 0 Å². The molecule has 0 atom stereocenters. The van der Waals surface area contributed by atoms with Crippen molar-refractivity contribution in [2.45, 2.75) is 54.8 Å². The first kappa shape index (κ1) is 21.7. The summed E-state index contributed by atoms with van der Waals surface area (Å²) >= 11 is 0. The van der Waals surface area contributed by atoms with Gasteiger partial charge in [-0.25, -0.2) is 4.57 Å². The molecular weight excluding hydrogens is 375 g/mol. The van der Waals surface area contributed by atoms with E-state index in [9.17, 15) is 0 Å². The maximum absolute atomic E-state index is 2.57. The summed E-state index contributed by atoms with van der Waals surface area (Å²) < 4.78 is 2.38. The molecule has 3 aromatic rings. The van der Waals surface area contributed by atoms with Gasteiger partial charge in [0.2, 0.25) is 0 Å². The predicted molar refractivity (Wildman–Crippen MR) is 135 cm³/mol. The van der Waals surface area contributed by atoms with Gasteiger partial charge in [-0.05, 0) is 53.8 Å². The van der Waals surface area contributed by atoms with Crippen LogP contribution in [-0.2, 0) is 13.5 Å². The minimum atomic E-state index is 0.0879. The number of aromatic nitrogens is 1. The van der Waals surface area contributed by atoms with Gasteiger partial charge in [0.25, 0.3) is 5.82 Å². The minimum absolute atomic E-state index is 0.0879. The highest BCUT2D eigenvalue weighted by atomic mass is 15.2. The van der Waals surface area contributed by atoms with Crippen LogP contribution in [0.1, 0.15) is 47.1 Å². The standard InChI is InChI=1S/C28H36BN2/c1-19(2)17-21-18-26(30(8)25-16-12-11-14-23(21)25)31-20(3)22-13-9-10-15-24(22)27(29(31)7)28(4,5)6/h9-16,18-19H,17H2,1-8H3/q+1. The van der Waals surface area contributed by atoms with E-state index in [1.165, 1.54) is 43.9 Å². The van der Waals surface area contributed by atoms with Crippen molar-refractivity contribution in [3.8, 4) is 0 Å². The average molecular weight is 411 g/mol. The molecule has 31 heavy (non-hydrogen) atoms. The van der Waals surface area contributed by atoms with Crippen molar-refractivity contribution in [2.24, 2.45) is 18.4 Å². The van der Waals surface area contributed by atoms with Gasteiger partial charge >= 0.3 is 6.85 Å². The number of para-hydroxylation sites is 1. The van der Waals surface area contributed by atoms with Crippen LogP contribution < -0.4 is 19.8 Å². The lowest BCUT2D eigenvalue weighted by Gasteiger charge is -2.34. The second-order valence-electron chi connectivity index (χ2n) is 10.5. The minimum Gasteiger partial charge on any atom is -0.290 e. The fourth-order valence-electron chi connectivity index (χ4n) is 5.54. The van der Waals surface area contributed by atoms with Crippen molar-refractivity contribution in [3.63, 3.8) is 0 Å². The Morgan fingerprint density at radius 2 is 1.58 bits per heavy atom. The van der Waals surface area contributed by atoms with Crippen LogP contribution in [0, 0.1) is 11.3 Å². The zero-order valence-corrected chi connectivity index (χ0v) is 20.5. The molecule has 1 aliphatic rings. The van der Waals surface area contributed by atoms with E-state index in [1.54, 1.807) is 0 Å². The first-order valence-corrected chi connectivity index (χ1v) is 11.6. The van der Waals surface area contributed by atoms with Crippen LogP contribution in [0.5, 0.6) is 0 Å².